The standard InChI is InChI=1S/C14H18BrIO/c15-14(16)12-6-8-13(9-7-12)17-10-11-4-2-1-3-5-11/h6-9,11,14H,1-5,10H2. The molecule has 0 N–H and O–H groups in total. The lowest BCUT2D eigenvalue weighted by Gasteiger charge is -2.21. The summed E-state index contributed by atoms with van der Waals surface area (Å²) in [5, 5.41) is 0. The predicted octanol–water partition coefficient (Wildman–Crippen LogP) is 5.47. The van der Waals surface area contributed by atoms with E-state index in [9.17, 15) is 0 Å². The molecule has 0 aromatic heterocycles. The first-order chi connectivity index (χ1) is 8.25. The van der Waals surface area contributed by atoms with Crippen LogP contribution in [-0.4, -0.2) is 6.61 Å². The molecule has 1 fully saturated rings. The molecule has 17 heavy (non-hydrogen) atoms. The van der Waals surface area contributed by atoms with E-state index in [2.05, 4.69) is 62.8 Å². The van der Waals surface area contributed by atoms with Crippen LogP contribution in [-0.2, 0) is 0 Å². The molecule has 1 saturated carbocycles. The van der Waals surface area contributed by atoms with Crippen LogP contribution in [0.1, 0.15) is 40.5 Å². The van der Waals surface area contributed by atoms with Crippen LogP contribution >= 0.6 is 38.5 Å². The van der Waals surface area contributed by atoms with Crippen molar-refractivity contribution in [3.63, 3.8) is 0 Å². The van der Waals surface area contributed by atoms with Crippen LogP contribution < -0.4 is 4.74 Å². The maximum Gasteiger partial charge on any atom is 0.119 e. The smallest absolute Gasteiger partial charge is 0.119 e. The van der Waals surface area contributed by atoms with Crippen LogP contribution in [0.15, 0.2) is 24.3 Å². The maximum absolute atomic E-state index is 5.86. The molecule has 0 saturated heterocycles. The zero-order valence-corrected chi connectivity index (χ0v) is 13.6. The maximum atomic E-state index is 5.86. The van der Waals surface area contributed by atoms with Gasteiger partial charge in [0.2, 0.25) is 0 Å². The Bertz CT molecular complexity index is 331. The van der Waals surface area contributed by atoms with Crippen LogP contribution in [0.2, 0.25) is 0 Å². The van der Waals surface area contributed by atoms with E-state index < -0.39 is 0 Å². The molecule has 1 unspecified atom stereocenters. The first kappa shape index (κ1) is 13.7. The Hall–Kier alpha value is 0.230. The summed E-state index contributed by atoms with van der Waals surface area (Å²) in [6.07, 6.45) is 6.86. The zero-order valence-electron chi connectivity index (χ0n) is 9.87. The minimum Gasteiger partial charge on any atom is -0.493 e. The second-order valence-electron chi connectivity index (χ2n) is 4.68. The highest BCUT2D eigenvalue weighted by atomic mass is 127. The van der Waals surface area contributed by atoms with E-state index in [-0.39, 0.29) is 0 Å². The van der Waals surface area contributed by atoms with E-state index in [4.69, 9.17) is 4.74 Å². The van der Waals surface area contributed by atoms with Crippen molar-refractivity contribution in [1.82, 2.24) is 0 Å². The highest BCUT2D eigenvalue weighted by Crippen LogP contribution is 2.31. The van der Waals surface area contributed by atoms with Gasteiger partial charge >= 0.3 is 0 Å². The summed E-state index contributed by atoms with van der Waals surface area (Å²) in [5.41, 5.74) is 1.29. The number of rotatable bonds is 4. The van der Waals surface area contributed by atoms with Crippen molar-refractivity contribution in [3.05, 3.63) is 29.8 Å². The average molecular weight is 409 g/mol. The van der Waals surface area contributed by atoms with Crippen LogP contribution in [0.4, 0.5) is 0 Å². The molecule has 1 aliphatic carbocycles. The Morgan fingerprint density at radius 1 is 1.18 bits per heavy atom. The number of hydrogen-bond acceptors (Lipinski definition) is 1. The van der Waals surface area contributed by atoms with Crippen LogP contribution in [0, 0.1) is 5.92 Å². The molecule has 1 aromatic carbocycles. The Morgan fingerprint density at radius 2 is 1.82 bits per heavy atom. The van der Waals surface area contributed by atoms with Crippen molar-refractivity contribution in [2.75, 3.05) is 6.61 Å². The second kappa shape index (κ2) is 6.98. The van der Waals surface area contributed by atoms with Crippen molar-refractivity contribution >= 4 is 38.5 Å². The first-order valence-electron chi connectivity index (χ1n) is 6.26. The monoisotopic (exact) mass is 408 g/mol. The largest absolute Gasteiger partial charge is 0.493 e. The third-order valence-corrected chi connectivity index (χ3v) is 4.59. The van der Waals surface area contributed by atoms with Gasteiger partial charge in [-0.15, -0.1) is 0 Å². The Labute approximate surface area is 126 Å². The lowest BCUT2D eigenvalue weighted by Crippen LogP contribution is -2.15. The van der Waals surface area contributed by atoms with Gasteiger partial charge in [-0.05, 0) is 36.5 Å². The van der Waals surface area contributed by atoms with Crippen LogP contribution in [0.25, 0.3) is 0 Å². The quantitative estimate of drug-likeness (QED) is 0.473. The number of hydrogen-bond donors (Lipinski definition) is 0. The molecule has 0 radical (unpaired) electrons. The van der Waals surface area contributed by atoms with Crippen molar-refractivity contribution < 1.29 is 4.74 Å². The normalized spacial score (nSPS) is 18.9. The number of halogens is 2. The van der Waals surface area contributed by atoms with E-state index in [1.54, 1.807) is 0 Å². The van der Waals surface area contributed by atoms with Gasteiger partial charge in [-0.2, -0.15) is 0 Å². The van der Waals surface area contributed by atoms with Gasteiger partial charge in [-0.3, -0.25) is 0 Å². The lowest BCUT2D eigenvalue weighted by molar-refractivity contribution is 0.209. The van der Waals surface area contributed by atoms with Gasteiger partial charge in [0.1, 0.15) is 5.75 Å². The fraction of sp³-hybridized carbons (Fsp3) is 0.571. The van der Waals surface area contributed by atoms with Crippen LogP contribution in [0.5, 0.6) is 5.75 Å². The summed E-state index contributed by atoms with van der Waals surface area (Å²) in [5.74, 6) is 1.78. The molecule has 0 bridgehead atoms. The molecule has 0 heterocycles. The second-order valence-corrected chi connectivity index (χ2v) is 8.56. The van der Waals surface area contributed by atoms with Gasteiger partial charge in [0.15, 0.2) is 0 Å². The summed E-state index contributed by atoms with van der Waals surface area (Å²) in [6, 6.07) is 8.40. The molecule has 1 aliphatic rings. The molecule has 0 aliphatic heterocycles. The molecular formula is C14H18BrIO. The fourth-order valence-electron chi connectivity index (χ4n) is 2.28. The molecule has 0 amide bonds. The zero-order chi connectivity index (χ0) is 12.1. The van der Waals surface area contributed by atoms with Crippen molar-refractivity contribution in [3.8, 4) is 5.75 Å². The number of alkyl halides is 2. The SMILES string of the molecule is BrC(I)c1ccc(OCC2CCCCC2)cc1. The third kappa shape index (κ3) is 4.43. The molecule has 1 aromatic rings. The average Bonchev–Trinajstić information content (AvgIpc) is 2.38. The topological polar surface area (TPSA) is 9.23 Å². The highest BCUT2D eigenvalue weighted by Gasteiger charge is 2.13. The summed E-state index contributed by atoms with van der Waals surface area (Å²) in [7, 11) is 0. The molecule has 1 atom stereocenters. The van der Waals surface area contributed by atoms with Gasteiger partial charge in [0.25, 0.3) is 0 Å². The summed E-state index contributed by atoms with van der Waals surface area (Å²) in [6.45, 7) is 0.890. The molecule has 3 heteroatoms. The highest BCUT2D eigenvalue weighted by molar-refractivity contribution is 14.1. The predicted molar refractivity (Wildman–Crippen MR) is 84.2 cm³/mol. The molecule has 0 spiro atoms. The minimum atomic E-state index is 0.382. The van der Waals surface area contributed by atoms with Gasteiger partial charge in [0.05, 0.1) is 9.44 Å². The summed E-state index contributed by atoms with van der Waals surface area (Å²) in [4.78, 5) is 0. The Balaban J connectivity index is 1.82. The molecular weight excluding hydrogens is 391 g/mol. The van der Waals surface area contributed by atoms with Gasteiger partial charge in [-0.1, -0.05) is 69.9 Å². The van der Waals surface area contributed by atoms with Crippen molar-refractivity contribution in [2.45, 2.75) is 34.9 Å². The van der Waals surface area contributed by atoms with E-state index in [1.807, 2.05) is 0 Å². The number of benzene rings is 1. The van der Waals surface area contributed by atoms with Crippen LogP contribution in [0.3, 0.4) is 0 Å². The molecule has 2 rings (SSSR count). The van der Waals surface area contributed by atoms with Gasteiger partial charge in [-0.25, -0.2) is 0 Å². The van der Waals surface area contributed by atoms with E-state index in [1.165, 1.54) is 37.7 Å². The minimum absolute atomic E-state index is 0.382. The molecule has 1 nitrogen and oxygen atoms in total. The number of ether oxygens (including phenoxy) is 1. The van der Waals surface area contributed by atoms with Crippen molar-refractivity contribution in [1.29, 1.82) is 0 Å². The fourth-order valence-corrected chi connectivity index (χ4v) is 3.00. The van der Waals surface area contributed by atoms with Crippen molar-refractivity contribution in [2.24, 2.45) is 5.92 Å². The first-order valence-corrected chi connectivity index (χ1v) is 8.43. The third-order valence-electron chi connectivity index (χ3n) is 3.34. The van der Waals surface area contributed by atoms with E-state index >= 15 is 0 Å². The van der Waals surface area contributed by atoms with Gasteiger partial charge < -0.3 is 4.74 Å². The Morgan fingerprint density at radius 3 is 2.41 bits per heavy atom. The summed E-state index contributed by atoms with van der Waals surface area (Å²) < 4.78 is 6.24. The van der Waals surface area contributed by atoms with E-state index in [0.717, 1.165) is 18.3 Å². The Kier molecular flexibility index (Phi) is 5.60. The van der Waals surface area contributed by atoms with Gasteiger partial charge in [0, 0.05) is 0 Å². The molecule has 94 valence electrons. The van der Waals surface area contributed by atoms with E-state index in [0.29, 0.717) is 2.83 Å². The summed E-state index contributed by atoms with van der Waals surface area (Å²) >= 11 is 5.91. The lowest BCUT2D eigenvalue weighted by atomic mass is 9.90.